The minimum Gasteiger partial charge on any atom is -0.0836 e. The molecule has 2 aromatic rings. The quantitative estimate of drug-likeness (QED) is 0.510. The minimum absolute atomic E-state index is 0.164. The van der Waals surface area contributed by atoms with Gasteiger partial charge in [0, 0.05) is 11.3 Å². The molecule has 22 heavy (non-hydrogen) atoms. The normalized spacial score (nSPS) is 22.6. The molecule has 0 bridgehead atoms. The molecule has 0 heteroatoms. The highest BCUT2D eigenvalue weighted by Crippen LogP contribution is 2.57. The fourth-order valence-electron chi connectivity index (χ4n) is 4.86. The van der Waals surface area contributed by atoms with Gasteiger partial charge in [0.1, 0.15) is 0 Å². The van der Waals surface area contributed by atoms with Crippen LogP contribution in [-0.4, -0.2) is 0 Å². The van der Waals surface area contributed by atoms with Gasteiger partial charge in [0.2, 0.25) is 0 Å². The molecule has 0 N–H and O–H groups in total. The molecule has 0 nitrogen and oxygen atoms in total. The van der Waals surface area contributed by atoms with Gasteiger partial charge >= 0.3 is 0 Å². The summed E-state index contributed by atoms with van der Waals surface area (Å²) in [6, 6.07) is 13.7. The van der Waals surface area contributed by atoms with Crippen LogP contribution in [0.25, 0.3) is 11.1 Å². The van der Waals surface area contributed by atoms with E-state index in [2.05, 4.69) is 68.5 Å². The average Bonchev–Trinajstić information content (AvgIpc) is 3.02. The maximum Gasteiger partial charge on any atom is 0.0118 e. The van der Waals surface area contributed by atoms with E-state index in [-0.39, 0.29) is 5.41 Å². The average molecular weight is 284 g/mol. The minimum atomic E-state index is 0.164. The van der Waals surface area contributed by atoms with Gasteiger partial charge in [-0.1, -0.05) is 74.0 Å². The standard InChI is InChI=1S/C22H20/c1-22(2)18-10-6-5-9-17(18)21-19(22)12-11-15-13-14-7-3-4-8-16(14)20(15)21/h3-8,10-12,17H,9,13H2,1-2H3. The molecule has 3 aliphatic rings. The molecule has 5 rings (SSSR count). The molecule has 1 unspecified atom stereocenters. The number of hydrogen-bond acceptors (Lipinski definition) is 0. The predicted molar refractivity (Wildman–Crippen MR) is 92.3 cm³/mol. The Kier molecular flexibility index (Phi) is 2.27. The van der Waals surface area contributed by atoms with Crippen LogP contribution in [0.4, 0.5) is 0 Å². The van der Waals surface area contributed by atoms with Crippen molar-refractivity contribution in [1.29, 1.82) is 0 Å². The van der Waals surface area contributed by atoms with Crippen LogP contribution >= 0.6 is 0 Å². The molecule has 0 fully saturated rings. The third kappa shape index (κ3) is 1.38. The summed E-state index contributed by atoms with van der Waals surface area (Å²) in [5.74, 6) is 0.580. The van der Waals surface area contributed by atoms with Gasteiger partial charge in [-0.15, -0.1) is 0 Å². The van der Waals surface area contributed by atoms with E-state index in [1.165, 1.54) is 16.7 Å². The Balaban J connectivity index is 1.85. The van der Waals surface area contributed by atoms with Gasteiger partial charge in [-0.05, 0) is 46.2 Å². The Morgan fingerprint density at radius 3 is 2.77 bits per heavy atom. The molecular formula is C22H20. The third-order valence-electron chi connectivity index (χ3n) is 5.90. The molecule has 0 heterocycles. The molecule has 0 spiro atoms. The summed E-state index contributed by atoms with van der Waals surface area (Å²) in [5, 5.41) is 0. The van der Waals surface area contributed by atoms with Gasteiger partial charge in [0.15, 0.2) is 0 Å². The van der Waals surface area contributed by atoms with Crippen molar-refractivity contribution in [2.45, 2.75) is 38.0 Å². The second-order valence-electron chi connectivity index (χ2n) is 7.36. The van der Waals surface area contributed by atoms with Crippen LogP contribution in [0.15, 0.2) is 60.2 Å². The third-order valence-corrected chi connectivity index (χ3v) is 5.90. The van der Waals surface area contributed by atoms with Crippen molar-refractivity contribution in [3.63, 3.8) is 0 Å². The van der Waals surface area contributed by atoms with E-state index in [1.54, 1.807) is 22.3 Å². The van der Waals surface area contributed by atoms with E-state index >= 15 is 0 Å². The zero-order valence-corrected chi connectivity index (χ0v) is 13.2. The molecule has 1 atom stereocenters. The van der Waals surface area contributed by atoms with E-state index in [0.717, 1.165) is 12.8 Å². The van der Waals surface area contributed by atoms with Crippen LogP contribution in [0, 0.1) is 0 Å². The highest BCUT2D eigenvalue weighted by Gasteiger charge is 2.44. The largest absolute Gasteiger partial charge is 0.0836 e. The van der Waals surface area contributed by atoms with Crippen molar-refractivity contribution in [3.8, 4) is 11.1 Å². The Bertz CT molecular complexity index is 862. The fourth-order valence-corrected chi connectivity index (χ4v) is 4.86. The predicted octanol–water partition coefficient (Wildman–Crippen LogP) is 5.52. The number of rotatable bonds is 0. The SMILES string of the molecule is CC1(C)C2=CC=CCC2c2c1ccc1c2-c2ccccc2C1. The van der Waals surface area contributed by atoms with Crippen LogP contribution < -0.4 is 0 Å². The van der Waals surface area contributed by atoms with Crippen molar-refractivity contribution in [2.24, 2.45) is 0 Å². The summed E-state index contributed by atoms with van der Waals surface area (Å²) in [6.07, 6.45) is 9.19. The Morgan fingerprint density at radius 2 is 1.86 bits per heavy atom. The first kappa shape index (κ1) is 12.5. The first-order chi connectivity index (χ1) is 10.7. The molecule has 0 aromatic heterocycles. The number of benzene rings is 2. The molecule has 0 aliphatic heterocycles. The topological polar surface area (TPSA) is 0 Å². The van der Waals surface area contributed by atoms with Gasteiger partial charge in [0.25, 0.3) is 0 Å². The molecule has 0 amide bonds. The lowest BCUT2D eigenvalue weighted by molar-refractivity contribution is 0.612. The number of fused-ring (bicyclic) bond motifs is 7. The van der Waals surface area contributed by atoms with Crippen molar-refractivity contribution >= 4 is 0 Å². The smallest absolute Gasteiger partial charge is 0.0118 e. The fraction of sp³-hybridized carbons (Fsp3) is 0.273. The van der Waals surface area contributed by atoms with E-state index < -0.39 is 0 Å². The maximum atomic E-state index is 2.40. The van der Waals surface area contributed by atoms with Crippen molar-refractivity contribution in [2.75, 3.05) is 0 Å². The van der Waals surface area contributed by atoms with Crippen molar-refractivity contribution in [1.82, 2.24) is 0 Å². The van der Waals surface area contributed by atoms with Crippen LogP contribution in [0.5, 0.6) is 0 Å². The summed E-state index contributed by atoms with van der Waals surface area (Å²) < 4.78 is 0. The Morgan fingerprint density at radius 1 is 1.00 bits per heavy atom. The van der Waals surface area contributed by atoms with Crippen molar-refractivity contribution in [3.05, 3.63) is 82.5 Å². The van der Waals surface area contributed by atoms with Crippen LogP contribution in [0.1, 0.15) is 48.4 Å². The summed E-state index contributed by atoms with van der Waals surface area (Å²) in [6.45, 7) is 4.79. The zero-order chi connectivity index (χ0) is 14.9. The lowest BCUT2D eigenvalue weighted by Crippen LogP contribution is -2.17. The Labute approximate surface area is 132 Å². The number of hydrogen-bond donors (Lipinski definition) is 0. The summed E-state index contributed by atoms with van der Waals surface area (Å²) in [4.78, 5) is 0. The molecule has 3 aliphatic carbocycles. The van der Waals surface area contributed by atoms with Crippen LogP contribution in [0.2, 0.25) is 0 Å². The van der Waals surface area contributed by atoms with E-state index in [1.807, 2.05) is 0 Å². The lowest BCUT2D eigenvalue weighted by Gasteiger charge is -2.25. The van der Waals surface area contributed by atoms with Gasteiger partial charge < -0.3 is 0 Å². The first-order valence-corrected chi connectivity index (χ1v) is 8.29. The van der Waals surface area contributed by atoms with Crippen LogP contribution in [0.3, 0.4) is 0 Å². The highest BCUT2D eigenvalue weighted by atomic mass is 14.5. The van der Waals surface area contributed by atoms with Gasteiger partial charge in [-0.2, -0.15) is 0 Å². The molecule has 0 saturated heterocycles. The monoisotopic (exact) mass is 284 g/mol. The summed E-state index contributed by atoms with van der Waals surface area (Å²) in [7, 11) is 0. The lowest BCUT2D eigenvalue weighted by atomic mass is 9.79. The van der Waals surface area contributed by atoms with Gasteiger partial charge in [-0.3, -0.25) is 0 Å². The van der Waals surface area contributed by atoms with Gasteiger partial charge in [-0.25, -0.2) is 0 Å². The highest BCUT2D eigenvalue weighted by molar-refractivity contribution is 5.83. The molecule has 0 radical (unpaired) electrons. The summed E-state index contributed by atoms with van der Waals surface area (Å²) >= 11 is 0. The number of allylic oxidation sites excluding steroid dienone is 4. The van der Waals surface area contributed by atoms with Crippen LogP contribution in [-0.2, 0) is 11.8 Å². The van der Waals surface area contributed by atoms with E-state index in [0.29, 0.717) is 5.92 Å². The second kappa shape index (κ2) is 4.01. The van der Waals surface area contributed by atoms with Crippen molar-refractivity contribution < 1.29 is 0 Å². The molecular weight excluding hydrogens is 264 g/mol. The van der Waals surface area contributed by atoms with Gasteiger partial charge in [0.05, 0.1) is 0 Å². The first-order valence-electron chi connectivity index (χ1n) is 8.29. The zero-order valence-electron chi connectivity index (χ0n) is 13.2. The maximum absolute atomic E-state index is 2.40. The molecule has 2 aromatic carbocycles. The molecule has 108 valence electrons. The Hall–Kier alpha value is -2.08. The van der Waals surface area contributed by atoms with E-state index in [9.17, 15) is 0 Å². The summed E-state index contributed by atoms with van der Waals surface area (Å²) in [5.41, 5.74) is 11.0. The molecule has 0 saturated carbocycles. The second-order valence-corrected chi connectivity index (χ2v) is 7.36. The van der Waals surface area contributed by atoms with E-state index in [4.69, 9.17) is 0 Å².